The first-order chi connectivity index (χ1) is 14.1. The molecule has 0 fully saturated rings. The minimum absolute atomic E-state index is 0.0278. The van der Waals surface area contributed by atoms with Crippen LogP contribution in [0.3, 0.4) is 0 Å². The maximum absolute atomic E-state index is 13.0. The third-order valence-electron chi connectivity index (χ3n) is 3.97. The van der Waals surface area contributed by atoms with Gasteiger partial charge in [-0.15, -0.1) is 21.5 Å². The highest BCUT2D eigenvalue weighted by atomic mass is 32.1. The molecule has 3 heterocycles. The molecule has 146 valence electrons. The second-order valence-electron chi connectivity index (χ2n) is 6.15. The quantitative estimate of drug-likeness (QED) is 0.439. The topological polar surface area (TPSA) is 91.0 Å². The number of rotatable bonds is 6. The number of thiazole rings is 1. The normalized spacial score (nSPS) is 11.9. The molecule has 0 saturated heterocycles. The number of pyridine rings is 1. The van der Waals surface area contributed by atoms with Crippen molar-refractivity contribution in [2.75, 3.05) is 0 Å². The van der Waals surface area contributed by atoms with Gasteiger partial charge in [-0.05, 0) is 43.3 Å². The lowest BCUT2D eigenvalue weighted by molar-refractivity contribution is -0.148. The van der Waals surface area contributed by atoms with E-state index in [1.54, 1.807) is 19.3 Å². The van der Waals surface area contributed by atoms with Gasteiger partial charge >= 0.3 is 5.97 Å². The molecule has 29 heavy (non-hydrogen) atoms. The lowest BCUT2D eigenvalue weighted by atomic mass is 10.2. The highest BCUT2D eigenvalue weighted by Crippen LogP contribution is 2.25. The van der Waals surface area contributed by atoms with E-state index in [0.29, 0.717) is 11.3 Å². The van der Waals surface area contributed by atoms with Crippen LogP contribution in [0.1, 0.15) is 24.6 Å². The highest BCUT2D eigenvalue weighted by Gasteiger charge is 2.20. The molecule has 0 saturated carbocycles. The number of aromatic nitrogens is 4. The summed E-state index contributed by atoms with van der Waals surface area (Å²) in [6.07, 6.45) is 2.72. The van der Waals surface area contributed by atoms with Crippen LogP contribution in [0.5, 0.6) is 0 Å². The molecule has 0 aliphatic heterocycles. The van der Waals surface area contributed by atoms with Crippen molar-refractivity contribution < 1.29 is 18.3 Å². The fraction of sp³-hybridized carbons (Fsp3) is 0.150. The Hall–Kier alpha value is -3.46. The summed E-state index contributed by atoms with van der Waals surface area (Å²) in [5, 5.41) is 10.4. The lowest BCUT2D eigenvalue weighted by Gasteiger charge is -2.08. The smallest absolute Gasteiger partial charge is 0.312 e. The third-order valence-corrected chi connectivity index (χ3v) is 4.91. The molecule has 9 heteroatoms. The van der Waals surface area contributed by atoms with Crippen molar-refractivity contribution in [2.45, 2.75) is 19.4 Å². The molecule has 0 spiro atoms. The summed E-state index contributed by atoms with van der Waals surface area (Å²) in [5.41, 5.74) is 2.09. The predicted octanol–water partition coefficient (Wildman–Crippen LogP) is 4.24. The van der Waals surface area contributed by atoms with Gasteiger partial charge in [0.2, 0.25) is 5.89 Å². The molecule has 0 aliphatic carbocycles. The summed E-state index contributed by atoms with van der Waals surface area (Å²) < 4.78 is 23.9. The van der Waals surface area contributed by atoms with E-state index in [4.69, 9.17) is 9.15 Å². The zero-order valence-corrected chi connectivity index (χ0v) is 16.1. The van der Waals surface area contributed by atoms with Gasteiger partial charge < -0.3 is 9.15 Å². The van der Waals surface area contributed by atoms with Crippen molar-refractivity contribution in [2.24, 2.45) is 0 Å². The minimum atomic E-state index is -0.722. The van der Waals surface area contributed by atoms with Crippen LogP contribution in [0.25, 0.3) is 22.0 Å². The zero-order chi connectivity index (χ0) is 20.2. The lowest BCUT2D eigenvalue weighted by Crippen LogP contribution is -2.12. The molecule has 0 aliphatic rings. The molecular formula is C20H15FN4O3S. The zero-order valence-electron chi connectivity index (χ0n) is 15.3. The largest absolute Gasteiger partial charge is 0.452 e. The monoisotopic (exact) mass is 410 g/mol. The van der Waals surface area contributed by atoms with Gasteiger partial charge in [0.05, 0.1) is 12.1 Å². The SMILES string of the molecule is C[C@H](OC(=O)Cc1csc(-c2cccnc2)n1)c1nnc(-c2ccc(F)cc2)o1. The van der Waals surface area contributed by atoms with Gasteiger partial charge in [0.15, 0.2) is 6.10 Å². The number of esters is 1. The maximum atomic E-state index is 13.0. The molecule has 0 unspecified atom stereocenters. The summed E-state index contributed by atoms with van der Waals surface area (Å²) in [7, 11) is 0. The van der Waals surface area contributed by atoms with Crippen LogP contribution in [0.2, 0.25) is 0 Å². The van der Waals surface area contributed by atoms with E-state index in [0.717, 1.165) is 10.6 Å². The van der Waals surface area contributed by atoms with Crippen LogP contribution in [0, 0.1) is 5.82 Å². The average molecular weight is 410 g/mol. The Morgan fingerprint density at radius 3 is 2.79 bits per heavy atom. The Balaban J connectivity index is 1.38. The number of carbonyl (C=O) groups is 1. The van der Waals surface area contributed by atoms with Crippen LogP contribution in [-0.2, 0) is 16.0 Å². The van der Waals surface area contributed by atoms with Crippen LogP contribution in [-0.4, -0.2) is 26.1 Å². The molecule has 0 bridgehead atoms. The van der Waals surface area contributed by atoms with Gasteiger partial charge in [-0.1, -0.05) is 0 Å². The standard InChI is InChI=1S/C20H15FN4O3S/c1-12(18-24-25-19(28-18)13-4-6-15(21)7-5-13)27-17(26)9-16-11-29-20(23-16)14-3-2-8-22-10-14/h2-8,10-12H,9H2,1H3/t12-/m0/s1. The van der Waals surface area contributed by atoms with Gasteiger partial charge in [-0.3, -0.25) is 9.78 Å². The number of hydrogen-bond donors (Lipinski definition) is 0. The van der Waals surface area contributed by atoms with Crippen molar-refractivity contribution in [3.63, 3.8) is 0 Å². The van der Waals surface area contributed by atoms with Gasteiger partial charge in [0, 0.05) is 28.9 Å². The Morgan fingerprint density at radius 1 is 1.21 bits per heavy atom. The van der Waals surface area contributed by atoms with Gasteiger partial charge in [0.1, 0.15) is 10.8 Å². The van der Waals surface area contributed by atoms with Crippen LogP contribution in [0.4, 0.5) is 4.39 Å². The fourth-order valence-electron chi connectivity index (χ4n) is 2.56. The van der Waals surface area contributed by atoms with Crippen molar-refractivity contribution in [1.29, 1.82) is 0 Å². The van der Waals surface area contributed by atoms with E-state index in [1.165, 1.54) is 35.6 Å². The summed E-state index contributed by atoms with van der Waals surface area (Å²) in [6.45, 7) is 1.64. The van der Waals surface area contributed by atoms with Gasteiger partial charge in [0.25, 0.3) is 5.89 Å². The van der Waals surface area contributed by atoms with Crippen molar-refractivity contribution in [3.05, 3.63) is 71.6 Å². The Labute approximate surface area is 169 Å². The molecule has 0 N–H and O–H groups in total. The number of carbonyl (C=O) groups excluding carboxylic acids is 1. The van der Waals surface area contributed by atoms with Gasteiger partial charge in [-0.2, -0.15) is 0 Å². The van der Waals surface area contributed by atoms with Crippen molar-refractivity contribution >= 4 is 17.3 Å². The summed E-state index contributed by atoms with van der Waals surface area (Å²) in [5.74, 6) is -0.429. The Morgan fingerprint density at radius 2 is 2.03 bits per heavy atom. The van der Waals surface area contributed by atoms with E-state index < -0.39 is 12.1 Å². The molecule has 4 aromatic rings. The predicted molar refractivity (Wildman–Crippen MR) is 103 cm³/mol. The van der Waals surface area contributed by atoms with E-state index in [2.05, 4.69) is 20.2 Å². The average Bonchev–Trinajstić information content (AvgIpc) is 3.39. The summed E-state index contributed by atoms with van der Waals surface area (Å²) >= 11 is 1.44. The van der Waals surface area contributed by atoms with E-state index in [1.807, 2.05) is 17.5 Å². The highest BCUT2D eigenvalue weighted by molar-refractivity contribution is 7.13. The second-order valence-corrected chi connectivity index (χ2v) is 7.01. The molecule has 7 nitrogen and oxygen atoms in total. The summed E-state index contributed by atoms with van der Waals surface area (Å²) in [6, 6.07) is 9.41. The number of benzene rings is 1. The van der Waals surface area contributed by atoms with Crippen LogP contribution >= 0.6 is 11.3 Å². The molecule has 3 aromatic heterocycles. The van der Waals surface area contributed by atoms with Gasteiger partial charge in [-0.25, -0.2) is 9.37 Å². The van der Waals surface area contributed by atoms with E-state index >= 15 is 0 Å². The van der Waals surface area contributed by atoms with Crippen molar-refractivity contribution in [3.8, 4) is 22.0 Å². The first kappa shape index (κ1) is 18.9. The first-order valence-electron chi connectivity index (χ1n) is 8.72. The third kappa shape index (κ3) is 4.52. The number of hydrogen-bond acceptors (Lipinski definition) is 8. The molecule has 0 amide bonds. The maximum Gasteiger partial charge on any atom is 0.312 e. The number of halogens is 1. The van der Waals surface area contributed by atoms with Crippen molar-refractivity contribution in [1.82, 2.24) is 20.2 Å². The molecule has 0 radical (unpaired) electrons. The summed E-state index contributed by atoms with van der Waals surface area (Å²) in [4.78, 5) is 20.8. The fourth-order valence-corrected chi connectivity index (χ4v) is 3.37. The molecule has 4 rings (SSSR count). The number of ether oxygens (including phenoxy) is 1. The minimum Gasteiger partial charge on any atom is -0.452 e. The molecule has 1 aromatic carbocycles. The molecule has 1 atom stereocenters. The second kappa shape index (κ2) is 8.27. The Kier molecular flexibility index (Phi) is 5.39. The van der Waals surface area contributed by atoms with E-state index in [-0.39, 0.29) is 24.0 Å². The molecular weight excluding hydrogens is 395 g/mol. The van der Waals surface area contributed by atoms with Crippen LogP contribution < -0.4 is 0 Å². The first-order valence-corrected chi connectivity index (χ1v) is 9.60. The number of nitrogens with zero attached hydrogens (tertiary/aromatic N) is 4. The van der Waals surface area contributed by atoms with Crippen LogP contribution in [0.15, 0.2) is 58.6 Å². The Bertz CT molecular complexity index is 1110. The van der Waals surface area contributed by atoms with E-state index in [9.17, 15) is 9.18 Å².